The Balaban J connectivity index is 1.26. The summed E-state index contributed by atoms with van der Waals surface area (Å²) >= 11 is 0. The summed E-state index contributed by atoms with van der Waals surface area (Å²) in [5.74, 6) is 3.88. The van der Waals surface area contributed by atoms with Crippen molar-refractivity contribution in [3.63, 3.8) is 0 Å². The summed E-state index contributed by atoms with van der Waals surface area (Å²) in [5, 5.41) is 0. The van der Waals surface area contributed by atoms with Gasteiger partial charge < -0.3 is 0 Å². The third-order valence-electron chi connectivity index (χ3n) is 10.9. The number of hydrogen-bond acceptors (Lipinski definition) is 0. The van der Waals surface area contributed by atoms with Crippen LogP contribution < -0.4 is 0 Å². The molecule has 224 valence electrons. The molecular formula is C39H68. The summed E-state index contributed by atoms with van der Waals surface area (Å²) < 4.78 is 0. The van der Waals surface area contributed by atoms with Gasteiger partial charge in [0.2, 0.25) is 0 Å². The van der Waals surface area contributed by atoms with Crippen LogP contribution in [0.1, 0.15) is 197 Å². The van der Waals surface area contributed by atoms with Gasteiger partial charge in [0, 0.05) is 0 Å². The second-order valence-corrected chi connectivity index (χ2v) is 14.2. The Kier molecular flexibility index (Phi) is 16.9. The Labute approximate surface area is 245 Å². The van der Waals surface area contributed by atoms with Gasteiger partial charge in [-0.3, -0.25) is 0 Å². The summed E-state index contributed by atoms with van der Waals surface area (Å²) in [6.07, 6.45) is 38.0. The molecule has 2 aliphatic rings. The van der Waals surface area contributed by atoms with Crippen LogP contribution in [0.3, 0.4) is 0 Å². The molecule has 0 aromatic heterocycles. The van der Waals surface area contributed by atoms with E-state index in [4.69, 9.17) is 0 Å². The van der Waals surface area contributed by atoms with E-state index in [9.17, 15) is 0 Å². The van der Waals surface area contributed by atoms with Gasteiger partial charge in [-0.1, -0.05) is 160 Å². The van der Waals surface area contributed by atoms with E-state index in [1.807, 2.05) is 0 Å². The molecule has 0 atom stereocenters. The molecule has 0 spiro atoms. The highest BCUT2D eigenvalue weighted by atomic mass is 14.3. The molecule has 0 saturated heterocycles. The van der Waals surface area contributed by atoms with Gasteiger partial charge in [-0.25, -0.2) is 0 Å². The first-order chi connectivity index (χ1) is 19.2. The van der Waals surface area contributed by atoms with Crippen molar-refractivity contribution in [2.24, 2.45) is 17.8 Å². The van der Waals surface area contributed by atoms with Gasteiger partial charge >= 0.3 is 0 Å². The Morgan fingerprint density at radius 1 is 0.513 bits per heavy atom. The number of hydrogen-bond donors (Lipinski definition) is 0. The van der Waals surface area contributed by atoms with Gasteiger partial charge in [0.05, 0.1) is 0 Å². The Hall–Kier alpha value is -0.780. The third-order valence-corrected chi connectivity index (χ3v) is 10.9. The van der Waals surface area contributed by atoms with Crippen molar-refractivity contribution in [1.29, 1.82) is 0 Å². The van der Waals surface area contributed by atoms with Crippen molar-refractivity contribution in [3.05, 3.63) is 34.9 Å². The molecule has 3 rings (SSSR count). The van der Waals surface area contributed by atoms with Crippen LogP contribution in [0, 0.1) is 24.7 Å². The molecule has 0 nitrogen and oxygen atoms in total. The lowest BCUT2D eigenvalue weighted by molar-refractivity contribution is 0.248. The molecule has 0 bridgehead atoms. The standard InChI is InChI=1S/C39H68/c1-4-6-8-10-12-14-16-18-34-20-22-36(23-21-34)24-25-37-28-31-39(33(3)32-37)38-29-26-35(27-30-38)19-17-15-13-11-9-7-5-2/h28,31-32,34-36,38H,4-27,29-30H2,1-3H3. The maximum absolute atomic E-state index is 2.56. The molecule has 1 aromatic rings. The van der Waals surface area contributed by atoms with E-state index in [0.717, 1.165) is 23.7 Å². The summed E-state index contributed by atoms with van der Waals surface area (Å²) in [7, 11) is 0. The molecule has 0 aliphatic heterocycles. The lowest BCUT2D eigenvalue weighted by Crippen LogP contribution is -2.15. The Bertz CT molecular complexity index is 716. The second kappa shape index (κ2) is 20.2. The lowest BCUT2D eigenvalue weighted by Gasteiger charge is -2.30. The predicted molar refractivity (Wildman–Crippen MR) is 175 cm³/mol. The maximum Gasteiger partial charge on any atom is -0.0159 e. The highest BCUT2D eigenvalue weighted by Gasteiger charge is 2.24. The van der Waals surface area contributed by atoms with Crippen molar-refractivity contribution in [1.82, 2.24) is 0 Å². The summed E-state index contributed by atoms with van der Waals surface area (Å²) in [6, 6.07) is 7.59. The van der Waals surface area contributed by atoms with Crippen LogP contribution in [0.4, 0.5) is 0 Å². The Morgan fingerprint density at radius 2 is 0.949 bits per heavy atom. The first-order valence-electron chi connectivity index (χ1n) is 18.3. The summed E-state index contributed by atoms with van der Waals surface area (Å²) in [6.45, 7) is 7.03. The number of aryl methyl sites for hydroxylation is 2. The van der Waals surface area contributed by atoms with Crippen molar-refractivity contribution in [3.8, 4) is 0 Å². The monoisotopic (exact) mass is 537 g/mol. The highest BCUT2D eigenvalue weighted by Crippen LogP contribution is 2.39. The quantitative estimate of drug-likeness (QED) is 0.145. The maximum atomic E-state index is 2.56. The smallest absolute Gasteiger partial charge is 0.0159 e. The minimum Gasteiger partial charge on any atom is -0.0654 e. The predicted octanol–water partition coefficient (Wildman–Crippen LogP) is 13.3. The van der Waals surface area contributed by atoms with E-state index >= 15 is 0 Å². The van der Waals surface area contributed by atoms with E-state index in [0.29, 0.717) is 0 Å². The zero-order chi connectivity index (χ0) is 27.5. The van der Waals surface area contributed by atoms with Gasteiger partial charge in [-0.2, -0.15) is 0 Å². The normalized spacial score (nSPS) is 23.8. The van der Waals surface area contributed by atoms with E-state index in [2.05, 4.69) is 39.0 Å². The Morgan fingerprint density at radius 3 is 1.44 bits per heavy atom. The fourth-order valence-corrected chi connectivity index (χ4v) is 8.07. The minimum absolute atomic E-state index is 0.830. The molecule has 0 amide bonds. The molecule has 0 unspecified atom stereocenters. The molecule has 0 heterocycles. The van der Waals surface area contributed by atoms with Crippen molar-refractivity contribution < 1.29 is 0 Å². The average Bonchev–Trinajstić information content (AvgIpc) is 2.96. The number of rotatable bonds is 20. The molecule has 0 heteroatoms. The minimum atomic E-state index is 0.830. The fourth-order valence-electron chi connectivity index (χ4n) is 8.07. The van der Waals surface area contributed by atoms with Gasteiger partial charge in [-0.05, 0) is 85.8 Å². The van der Waals surface area contributed by atoms with Gasteiger partial charge in [0.25, 0.3) is 0 Å². The average molecular weight is 537 g/mol. The second-order valence-electron chi connectivity index (χ2n) is 14.2. The zero-order valence-electron chi connectivity index (χ0n) is 26.9. The number of unbranched alkanes of at least 4 members (excludes halogenated alkanes) is 12. The summed E-state index contributed by atoms with van der Waals surface area (Å²) in [5.41, 5.74) is 4.87. The lowest BCUT2D eigenvalue weighted by atomic mass is 9.75. The first-order valence-corrected chi connectivity index (χ1v) is 18.3. The van der Waals surface area contributed by atoms with Gasteiger partial charge in [0.15, 0.2) is 0 Å². The van der Waals surface area contributed by atoms with E-state index in [-0.39, 0.29) is 0 Å². The van der Waals surface area contributed by atoms with Gasteiger partial charge in [0.1, 0.15) is 0 Å². The fraction of sp³-hybridized carbons (Fsp3) is 0.846. The largest absolute Gasteiger partial charge is 0.0654 e. The topological polar surface area (TPSA) is 0 Å². The number of benzene rings is 1. The zero-order valence-corrected chi connectivity index (χ0v) is 26.9. The van der Waals surface area contributed by atoms with E-state index < -0.39 is 0 Å². The SMILES string of the molecule is CCCCCCCCCC1CCC(CCc2ccc(C3CCC(CCCCCCCCC)CC3)c(C)c2)CC1. The van der Waals surface area contributed by atoms with Crippen LogP contribution in [-0.2, 0) is 6.42 Å². The van der Waals surface area contributed by atoms with Crippen molar-refractivity contribution in [2.45, 2.75) is 194 Å². The van der Waals surface area contributed by atoms with Crippen LogP contribution in [0.2, 0.25) is 0 Å². The molecule has 39 heavy (non-hydrogen) atoms. The van der Waals surface area contributed by atoms with Crippen LogP contribution in [0.15, 0.2) is 18.2 Å². The van der Waals surface area contributed by atoms with Crippen LogP contribution in [0.5, 0.6) is 0 Å². The third kappa shape index (κ3) is 13.2. The molecule has 1 aromatic carbocycles. The molecule has 2 saturated carbocycles. The molecule has 2 aliphatic carbocycles. The van der Waals surface area contributed by atoms with Crippen molar-refractivity contribution >= 4 is 0 Å². The highest BCUT2D eigenvalue weighted by molar-refractivity contribution is 5.34. The molecule has 0 radical (unpaired) electrons. The molecule has 2 fully saturated rings. The van der Waals surface area contributed by atoms with Crippen molar-refractivity contribution in [2.75, 3.05) is 0 Å². The first kappa shape index (κ1) is 32.7. The molecule has 0 N–H and O–H groups in total. The summed E-state index contributed by atoms with van der Waals surface area (Å²) in [4.78, 5) is 0. The van der Waals surface area contributed by atoms with E-state index in [1.54, 1.807) is 16.7 Å². The van der Waals surface area contributed by atoms with E-state index in [1.165, 1.54) is 167 Å². The van der Waals surface area contributed by atoms with Crippen LogP contribution >= 0.6 is 0 Å². The van der Waals surface area contributed by atoms with Crippen LogP contribution in [-0.4, -0.2) is 0 Å². The molecular weight excluding hydrogens is 468 g/mol. The van der Waals surface area contributed by atoms with Crippen LogP contribution in [0.25, 0.3) is 0 Å². The van der Waals surface area contributed by atoms with Gasteiger partial charge in [-0.15, -0.1) is 0 Å².